The van der Waals surface area contributed by atoms with E-state index >= 15 is 0 Å². The van der Waals surface area contributed by atoms with E-state index in [0.717, 1.165) is 31.6 Å². The minimum Gasteiger partial charge on any atom is -0.377 e. The highest BCUT2D eigenvalue weighted by atomic mass is 32.2. The fourth-order valence-corrected chi connectivity index (χ4v) is 3.78. The van der Waals surface area contributed by atoms with E-state index in [2.05, 4.69) is 4.90 Å². The van der Waals surface area contributed by atoms with E-state index in [-0.39, 0.29) is 11.9 Å². The van der Waals surface area contributed by atoms with Crippen LogP contribution in [0.25, 0.3) is 0 Å². The van der Waals surface area contributed by atoms with Gasteiger partial charge in [0.25, 0.3) is 0 Å². The van der Waals surface area contributed by atoms with Gasteiger partial charge < -0.3 is 9.64 Å². The van der Waals surface area contributed by atoms with Gasteiger partial charge in [0.05, 0.1) is 22.4 Å². The molecule has 0 bridgehead atoms. The van der Waals surface area contributed by atoms with E-state index in [1.807, 2.05) is 19.1 Å². The fraction of sp³-hybridized carbons (Fsp3) is 0.600. The summed E-state index contributed by atoms with van der Waals surface area (Å²) in [6.45, 7) is 6.04. The number of hydrogen-bond acceptors (Lipinski definition) is 4. The lowest BCUT2D eigenvalue weighted by molar-refractivity contribution is 0.0525. The van der Waals surface area contributed by atoms with E-state index in [4.69, 9.17) is 4.74 Å². The Morgan fingerprint density at radius 3 is 2.75 bits per heavy atom. The third-order valence-electron chi connectivity index (χ3n) is 3.70. The monoisotopic (exact) mass is 297 g/mol. The Hall–Kier alpha value is -1.07. The summed E-state index contributed by atoms with van der Waals surface area (Å²) in [6, 6.07) is 7.29. The molecule has 1 aliphatic rings. The van der Waals surface area contributed by atoms with Gasteiger partial charge in [-0.2, -0.15) is 0 Å². The number of hydrogen-bond donors (Lipinski definition) is 0. The zero-order valence-electron chi connectivity index (χ0n) is 12.2. The van der Waals surface area contributed by atoms with Gasteiger partial charge >= 0.3 is 0 Å². The second-order valence-electron chi connectivity index (χ2n) is 5.04. The zero-order valence-corrected chi connectivity index (χ0v) is 13.0. The maximum Gasteiger partial charge on any atom is 0.180 e. The average molecular weight is 297 g/mol. The Morgan fingerprint density at radius 1 is 1.30 bits per heavy atom. The molecule has 0 radical (unpaired) electrons. The number of ether oxygens (including phenoxy) is 1. The third-order valence-corrected chi connectivity index (χ3v) is 5.48. The van der Waals surface area contributed by atoms with Crippen LogP contribution in [0.15, 0.2) is 29.2 Å². The average Bonchev–Trinajstić information content (AvgIpc) is 2.48. The van der Waals surface area contributed by atoms with Crippen LogP contribution in [0.3, 0.4) is 0 Å². The Labute approximate surface area is 121 Å². The summed E-state index contributed by atoms with van der Waals surface area (Å²) in [4.78, 5) is 2.59. The number of sulfone groups is 1. The first-order valence-electron chi connectivity index (χ1n) is 7.26. The molecule has 0 N–H and O–H groups in total. The van der Waals surface area contributed by atoms with Crippen LogP contribution in [0.5, 0.6) is 0 Å². The number of para-hydroxylation sites is 1. The van der Waals surface area contributed by atoms with Crippen molar-refractivity contribution in [2.24, 2.45) is 0 Å². The van der Waals surface area contributed by atoms with Crippen molar-refractivity contribution in [3.05, 3.63) is 24.3 Å². The molecule has 0 aromatic heterocycles. The first kappa shape index (κ1) is 15.3. The highest BCUT2D eigenvalue weighted by Crippen LogP contribution is 2.29. The summed E-state index contributed by atoms with van der Waals surface area (Å²) in [5.41, 5.74) is 0.818. The number of anilines is 1. The molecule has 1 aromatic carbocycles. The number of benzene rings is 1. The summed E-state index contributed by atoms with van der Waals surface area (Å²) in [5, 5.41) is 0. The summed E-state index contributed by atoms with van der Waals surface area (Å²) in [7, 11) is -3.19. The normalized spacial score (nSPS) is 20.1. The van der Waals surface area contributed by atoms with Crippen LogP contribution >= 0.6 is 0 Å². The minimum atomic E-state index is -3.19. The standard InChI is InChI=1S/C15H23NO3S/c1-3-19-13-8-7-11-16(12-13)14-9-5-6-10-15(14)20(17,18)4-2/h5-6,9-10,13H,3-4,7-8,11-12H2,1-2H3/t13-/m0/s1. The minimum absolute atomic E-state index is 0.132. The molecule has 0 unspecified atom stereocenters. The van der Waals surface area contributed by atoms with Crippen molar-refractivity contribution in [2.45, 2.75) is 37.7 Å². The molecular weight excluding hydrogens is 274 g/mol. The lowest BCUT2D eigenvalue weighted by atomic mass is 10.1. The highest BCUT2D eigenvalue weighted by molar-refractivity contribution is 7.91. The maximum atomic E-state index is 12.2. The number of rotatable bonds is 5. The van der Waals surface area contributed by atoms with Crippen molar-refractivity contribution in [3.8, 4) is 0 Å². The molecule has 112 valence electrons. The van der Waals surface area contributed by atoms with Crippen LogP contribution in [0.2, 0.25) is 0 Å². The van der Waals surface area contributed by atoms with Gasteiger partial charge in [-0.1, -0.05) is 19.1 Å². The summed E-state index contributed by atoms with van der Waals surface area (Å²) < 4.78 is 30.1. The molecule has 1 heterocycles. The SMILES string of the molecule is CCO[C@H]1CCCN(c2ccccc2S(=O)(=O)CC)C1. The molecule has 2 rings (SSSR count). The Kier molecular flexibility index (Phi) is 5.05. The smallest absolute Gasteiger partial charge is 0.180 e. The second kappa shape index (κ2) is 6.59. The summed E-state index contributed by atoms with van der Waals surface area (Å²) in [6.07, 6.45) is 2.28. The van der Waals surface area contributed by atoms with Crippen LogP contribution in [0.1, 0.15) is 26.7 Å². The van der Waals surface area contributed by atoms with Gasteiger partial charge in [-0.3, -0.25) is 0 Å². The third kappa shape index (κ3) is 3.33. The topological polar surface area (TPSA) is 46.6 Å². The molecule has 1 aliphatic heterocycles. The zero-order chi connectivity index (χ0) is 14.6. The molecule has 0 spiro atoms. The predicted octanol–water partition coefficient (Wildman–Crippen LogP) is 2.49. The van der Waals surface area contributed by atoms with Gasteiger partial charge in [0, 0.05) is 19.7 Å². The van der Waals surface area contributed by atoms with Crippen molar-refractivity contribution in [1.29, 1.82) is 0 Å². The predicted molar refractivity (Wildman–Crippen MR) is 81.0 cm³/mol. The highest BCUT2D eigenvalue weighted by Gasteiger charge is 2.25. The van der Waals surface area contributed by atoms with Gasteiger partial charge in [-0.15, -0.1) is 0 Å². The molecule has 5 heteroatoms. The van der Waals surface area contributed by atoms with Crippen LogP contribution in [-0.4, -0.2) is 40.0 Å². The van der Waals surface area contributed by atoms with Crippen molar-refractivity contribution >= 4 is 15.5 Å². The van der Waals surface area contributed by atoms with Gasteiger partial charge in [-0.05, 0) is 31.9 Å². The first-order chi connectivity index (χ1) is 9.58. The van der Waals surface area contributed by atoms with Crippen LogP contribution in [0.4, 0.5) is 5.69 Å². The van der Waals surface area contributed by atoms with E-state index in [1.54, 1.807) is 19.1 Å². The Bertz CT molecular complexity index is 540. The van der Waals surface area contributed by atoms with E-state index in [9.17, 15) is 8.42 Å². The van der Waals surface area contributed by atoms with Crippen LogP contribution in [0, 0.1) is 0 Å². The molecule has 0 amide bonds. The van der Waals surface area contributed by atoms with E-state index in [0.29, 0.717) is 11.5 Å². The first-order valence-corrected chi connectivity index (χ1v) is 8.92. The van der Waals surface area contributed by atoms with Crippen LogP contribution in [-0.2, 0) is 14.6 Å². The van der Waals surface area contributed by atoms with Crippen molar-refractivity contribution < 1.29 is 13.2 Å². The summed E-state index contributed by atoms with van der Waals surface area (Å²) in [5.74, 6) is 0.132. The molecule has 1 aromatic rings. The Morgan fingerprint density at radius 2 is 2.05 bits per heavy atom. The van der Waals surface area contributed by atoms with Crippen molar-refractivity contribution in [1.82, 2.24) is 0 Å². The van der Waals surface area contributed by atoms with Crippen molar-refractivity contribution in [3.63, 3.8) is 0 Å². The van der Waals surface area contributed by atoms with Gasteiger partial charge in [0.15, 0.2) is 9.84 Å². The lowest BCUT2D eigenvalue weighted by Gasteiger charge is -2.35. The van der Waals surface area contributed by atoms with Gasteiger partial charge in [-0.25, -0.2) is 8.42 Å². The summed E-state index contributed by atoms with van der Waals surface area (Å²) >= 11 is 0. The molecule has 1 fully saturated rings. The molecule has 1 atom stereocenters. The van der Waals surface area contributed by atoms with Crippen molar-refractivity contribution in [2.75, 3.05) is 30.3 Å². The lowest BCUT2D eigenvalue weighted by Crippen LogP contribution is -2.40. The number of piperidine rings is 1. The molecule has 4 nitrogen and oxygen atoms in total. The van der Waals surface area contributed by atoms with Gasteiger partial charge in [0.2, 0.25) is 0 Å². The molecule has 1 saturated heterocycles. The van der Waals surface area contributed by atoms with Crippen LogP contribution < -0.4 is 4.90 Å². The molecular formula is C15H23NO3S. The molecule has 20 heavy (non-hydrogen) atoms. The Balaban J connectivity index is 2.29. The number of nitrogens with zero attached hydrogens (tertiary/aromatic N) is 1. The second-order valence-corrected chi connectivity index (χ2v) is 7.28. The largest absolute Gasteiger partial charge is 0.377 e. The fourth-order valence-electron chi connectivity index (χ4n) is 2.67. The van der Waals surface area contributed by atoms with E-state index in [1.165, 1.54) is 0 Å². The van der Waals surface area contributed by atoms with Gasteiger partial charge in [0.1, 0.15) is 0 Å². The maximum absolute atomic E-state index is 12.2. The molecule has 0 aliphatic carbocycles. The van der Waals surface area contributed by atoms with E-state index < -0.39 is 9.84 Å². The molecule has 0 saturated carbocycles. The quantitative estimate of drug-likeness (QED) is 0.837.